The minimum atomic E-state index is -0.0503. The predicted molar refractivity (Wildman–Crippen MR) is 82.3 cm³/mol. The fourth-order valence-corrected chi connectivity index (χ4v) is 3.21. The number of rotatable bonds is 4. The quantitative estimate of drug-likeness (QED) is 0.899. The largest absolute Gasteiger partial charge is 0.347 e. The molecule has 2 aromatic rings. The van der Waals surface area contributed by atoms with Gasteiger partial charge in [-0.15, -0.1) is 11.3 Å². The molecule has 19 heavy (non-hydrogen) atoms. The number of amides is 1. The molecule has 3 nitrogen and oxygen atoms in total. The fourth-order valence-electron chi connectivity index (χ4n) is 1.76. The number of halogens is 1. The molecule has 2 rings (SSSR count). The summed E-state index contributed by atoms with van der Waals surface area (Å²) in [5.74, 6) is -0.0503. The average Bonchev–Trinajstić information content (AvgIpc) is 2.76. The third-order valence-corrected chi connectivity index (χ3v) is 4.99. The molecule has 0 fully saturated rings. The van der Waals surface area contributed by atoms with Crippen molar-refractivity contribution in [2.24, 2.45) is 5.73 Å². The lowest BCUT2D eigenvalue weighted by atomic mass is 10.1. The SMILES string of the molecule is Cc1cc(C(=O)NCc2ccccc2CN)sc1Br. The number of nitrogens with one attached hydrogen (secondary N) is 1. The van der Waals surface area contributed by atoms with E-state index in [0.717, 1.165) is 25.4 Å². The van der Waals surface area contributed by atoms with Crippen LogP contribution in [0.5, 0.6) is 0 Å². The first-order valence-electron chi connectivity index (χ1n) is 5.92. The Bertz CT molecular complexity index is 575. The van der Waals surface area contributed by atoms with Crippen molar-refractivity contribution in [3.63, 3.8) is 0 Å². The van der Waals surface area contributed by atoms with E-state index < -0.39 is 0 Å². The Morgan fingerprint density at radius 2 is 2.05 bits per heavy atom. The molecule has 0 saturated heterocycles. The van der Waals surface area contributed by atoms with Gasteiger partial charge in [0.2, 0.25) is 0 Å². The minimum absolute atomic E-state index is 0.0503. The van der Waals surface area contributed by atoms with Crippen LogP contribution in [-0.4, -0.2) is 5.91 Å². The van der Waals surface area contributed by atoms with Gasteiger partial charge in [0.15, 0.2) is 0 Å². The van der Waals surface area contributed by atoms with Crippen LogP contribution in [0.25, 0.3) is 0 Å². The summed E-state index contributed by atoms with van der Waals surface area (Å²) >= 11 is 4.87. The summed E-state index contributed by atoms with van der Waals surface area (Å²) in [5.41, 5.74) is 8.88. The summed E-state index contributed by atoms with van der Waals surface area (Å²) < 4.78 is 1.00. The van der Waals surface area contributed by atoms with Crippen molar-refractivity contribution in [1.29, 1.82) is 0 Å². The Balaban J connectivity index is 2.04. The first-order valence-corrected chi connectivity index (χ1v) is 7.53. The van der Waals surface area contributed by atoms with Crippen molar-refractivity contribution >= 4 is 33.2 Å². The highest BCUT2D eigenvalue weighted by Crippen LogP contribution is 2.27. The number of hydrogen-bond acceptors (Lipinski definition) is 3. The van der Waals surface area contributed by atoms with E-state index in [2.05, 4.69) is 21.2 Å². The molecule has 1 amide bonds. The van der Waals surface area contributed by atoms with Gasteiger partial charge in [-0.3, -0.25) is 4.79 Å². The van der Waals surface area contributed by atoms with Gasteiger partial charge in [-0.25, -0.2) is 0 Å². The van der Waals surface area contributed by atoms with Crippen molar-refractivity contribution in [2.45, 2.75) is 20.0 Å². The van der Waals surface area contributed by atoms with E-state index in [0.29, 0.717) is 13.1 Å². The Kier molecular flexibility index (Phi) is 4.74. The molecule has 0 bridgehead atoms. The van der Waals surface area contributed by atoms with E-state index in [9.17, 15) is 4.79 Å². The summed E-state index contributed by atoms with van der Waals surface area (Å²) in [7, 11) is 0. The van der Waals surface area contributed by atoms with E-state index >= 15 is 0 Å². The standard InChI is InChI=1S/C14H15BrN2OS/c1-9-6-12(19-13(9)15)14(18)17-8-11-5-3-2-4-10(11)7-16/h2-6H,7-8,16H2,1H3,(H,17,18). The summed E-state index contributed by atoms with van der Waals surface area (Å²) in [6.45, 7) is 2.96. The number of hydrogen-bond donors (Lipinski definition) is 2. The molecule has 0 atom stereocenters. The monoisotopic (exact) mass is 338 g/mol. The molecule has 0 aliphatic rings. The van der Waals surface area contributed by atoms with Crippen LogP contribution in [0, 0.1) is 6.92 Å². The molecule has 0 radical (unpaired) electrons. The second kappa shape index (κ2) is 6.32. The van der Waals surface area contributed by atoms with Gasteiger partial charge in [-0.2, -0.15) is 0 Å². The minimum Gasteiger partial charge on any atom is -0.347 e. The molecule has 5 heteroatoms. The van der Waals surface area contributed by atoms with Crippen LogP contribution in [-0.2, 0) is 13.1 Å². The lowest BCUT2D eigenvalue weighted by molar-refractivity contribution is 0.0955. The maximum absolute atomic E-state index is 12.0. The van der Waals surface area contributed by atoms with Crippen LogP contribution < -0.4 is 11.1 Å². The molecule has 0 aliphatic heterocycles. The topological polar surface area (TPSA) is 55.1 Å². The number of nitrogens with two attached hydrogens (primary N) is 1. The molecule has 1 aromatic heterocycles. The van der Waals surface area contributed by atoms with Crippen LogP contribution >= 0.6 is 27.3 Å². The fraction of sp³-hybridized carbons (Fsp3) is 0.214. The van der Waals surface area contributed by atoms with Crippen molar-refractivity contribution in [3.05, 3.63) is 55.7 Å². The second-order valence-electron chi connectivity index (χ2n) is 4.22. The van der Waals surface area contributed by atoms with Crippen LogP contribution in [0.2, 0.25) is 0 Å². The number of carbonyl (C=O) groups is 1. The molecule has 0 saturated carbocycles. The summed E-state index contributed by atoms with van der Waals surface area (Å²) in [4.78, 5) is 12.7. The van der Waals surface area contributed by atoms with Crippen LogP contribution in [0.4, 0.5) is 0 Å². The van der Waals surface area contributed by atoms with Crippen molar-refractivity contribution in [2.75, 3.05) is 0 Å². The normalized spacial score (nSPS) is 10.5. The lowest BCUT2D eigenvalue weighted by Crippen LogP contribution is -2.22. The second-order valence-corrected chi connectivity index (χ2v) is 6.59. The van der Waals surface area contributed by atoms with Gasteiger partial charge in [0.25, 0.3) is 5.91 Å². The molecule has 3 N–H and O–H groups in total. The molecular formula is C14H15BrN2OS. The highest BCUT2D eigenvalue weighted by molar-refractivity contribution is 9.11. The smallest absolute Gasteiger partial charge is 0.261 e. The number of thiophene rings is 1. The van der Waals surface area contributed by atoms with Crippen LogP contribution in [0.1, 0.15) is 26.4 Å². The molecular weight excluding hydrogens is 324 g/mol. The first-order chi connectivity index (χ1) is 9.11. The van der Waals surface area contributed by atoms with Gasteiger partial charge < -0.3 is 11.1 Å². The zero-order valence-electron chi connectivity index (χ0n) is 10.6. The zero-order chi connectivity index (χ0) is 13.8. The van der Waals surface area contributed by atoms with Crippen LogP contribution in [0.3, 0.4) is 0 Å². The molecule has 0 unspecified atom stereocenters. The zero-order valence-corrected chi connectivity index (χ0v) is 13.0. The first kappa shape index (κ1) is 14.2. The molecule has 0 spiro atoms. The molecule has 1 aromatic carbocycles. The molecule has 100 valence electrons. The number of benzene rings is 1. The Hall–Kier alpha value is -1.17. The number of carbonyl (C=O) groups excluding carboxylic acids is 1. The third kappa shape index (κ3) is 3.43. The maximum atomic E-state index is 12.0. The van der Waals surface area contributed by atoms with E-state index in [4.69, 9.17) is 5.73 Å². The van der Waals surface area contributed by atoms with Gasteiger partial charge in [0.1, 0.15) is 0 Å². The van der Waals surface area contributed by atoms with Gasteiger partial charge in [0, 0.05) is 13.1 Å². The van der Waals surface area contributed by atoms with Gasteiger partial charge >= 0.3 is 0 Å². The lowest BCUT2D eigenvalue weighted by Gasteiger charge is -2.08. The summed E-state index contributed by atoms with van der Waals surface area (Å²) in [6.07, 6.45) is 0. The predicted octanol–water partition coefficient (Wildman–Crippen LogP) is 3.21. The van der Waals surface area contributed by atoms with E-state index in [1.807, 2.05) is 37.3 Å². The third-order valence-electron chi connectivity index (χ3n) is 2.86. The van der Waals surface area contributed by atoms with E-state index in [-0.39, 0.29) is 5.91 Å². The summed E-state index contributed by atoms with van der Waals surface area (Å²) in [5, 5.41) is 2.93. The van der Waals surface area contributed by atoms with E-state index in [1.165, 1.54) is 11.3 Å². The van der Waals surface area contributed by atoms with Gasteiger partial charge in [-0.1, -0.05) is 24.3 Å². The average molecular weight is 339 g/mol. The Morgan fingerprint density at radius 3 is 2.63 bits per heavy atom. The van der Waals surface area contributed by atoms with Crippen molar-refractivity contribution in [3.8, 4) is 0 Å². The van der Waals surface area contributed by atoms with Gasteiger partial charge in [0.05, 0.1) is 8.66 Å². The molecule has 1 heterocycles. The number of aryl methyl sites for hydroxylation is 1. The highest BCUT2D eigenvalue weighted by atomic mass is 79.9. The Labute approximate surface area is 125 Å². The van der Waals surface area contributed by atoms with Gasteiger partial charge in [-0.05, 0) is 45.6 Å². The Morgan fingerprint density at radius 1 is 1.37 bits per heavy atom. The summed E-state index contributed by atoms with van der Waals surface area (Å²) in [6, 6.07) is 9.75. The van der Waals surface area contributed by atoms with E-state index in [1.54, 1.807) is 0 Å². The van der Waals surface area contributed by atoms with Crippen molar-refractivity contribution < 1.29 is 4.79 Å². The van der Waals surface area contributed by atoms with Crippen LogP contribution in [0.15, 0.2) is 34.1 Å². The highest BCUT2D eigenvalue weighted by Gasteiger charge is 2.11. The maximum Gasteiger partial charge on any atom is 0.261 e. The van der Waals surface area contributed by atoms with Crippen molar-refractivity contribution in [1.82, 2.24) is 5.32 Å². The molecule has 0 aliphatic carbocycles.